The first-order valence-corrected chi connectivity index (χ1v) is 6.44. The predicted molar refractivity (Wildman–Crippen MR) is 68.9 cm³/mol. The standard InChI is InChI=1S/C13H26N2O2/c1-9-6-7-11(10(2)14-9)15-12(16)8-13(3,4)17-5/h9-11,14H,6-8H2,1-5H3,(H,15,16). The second-order valence-electron chi connectivity index (χ2n) is 5.75. The van der Waals surface area contributed by atoms with Crippen LogP contribution in [0.4, 0.5) is 0 Å². The largest absolute Gasteiger partial charge is 0.378 e. The van der Waals surface area contributed by atoms with Gasteiger partial charge in [0.1, 0.15) is 0 Å². The highest BCUT2D eigenvalue weighted by Crippen LogP contribution is 2.16. The summed E-state index contributed by atoms with van der Waals surface area (Å²) in [6, 6.07) is 1.13. The van der Waals surface area contributed by atoms with Crippen LogP contribution in [0, 0.1) is 0 Å². The molecule has 0 saturated carbocycles. The molecule has 4 heteroatoms. The molecule has 3 atom stereocenters. The third-order valence-electron chi connectivity index (χ3n) is 3.55. The van der Waals surface area contributed by atoms with Crippen molar-refractivity contribution in [1.29, 1.82) is 0 Å². The molecule has 2 N–H and O–H groups in total. The van der Waals surface area contributed by atoms with E-state index in [1.165, 1.54) is 0 Å². The van der Waals surface area contributed by atoms with Crippen LogP contribution >= 0.6 is 0 Å². The molecule has 4 nitrogen and oxygen atoms in total. The lowest BCUT2D eigenvalue weighted by Gasteiger charge is -2.35. The van der Waals surface area contributed by atoms with Gasteiger partial charge in [0, 0.05) is 25.2 Å². The molecule has 0 aromatic heterocycles. The van der Waals surface area contributed by atoms with Crippen LogP contribution in [0.5, 0.6) is 0 Å². The molecule has 17 heavy (non-hydrogen) atoms. The minimum atomic E-state index is -0.386. The molecule has 3 unspecified atom stereocenters. The lowest BCUT2D eigenvalue weighted by molar-refractivity contribution is -0.127. The van der Waals surface area contributed by atoms with Crippen LogP contribution in [0.25, 0.3) is 0 Å². The number of piperidine rings is 1. The van der Waals surface area contributed by atoms with Gasteiger partial charge in [0.25, 0.3) is 0 Å². The maximum absolute atomic E-state index is 11.9. The van der Waals surface area contributed by atoms with Crippen LogP contribution < -0.4 is 10.6 Å². The number of carbonyl (C=O) groups excluding carboxylic acids is 1. The molecule has 100 valence electrons. The lowest BCUT2D eigenvalue weighted by atomic mass is 9.94. The van der Waals surface area contributed by atoms with Crippen LogP contribution in [-0.4, -0.2) is 36.7 Å². The van der Waals surface area contributed by atoms with E-state index < -0.39 is 0 Å². The minimum absolute atomic E-state index is 0.0741. The zero-order valence-electron chi connectivity index (χ0n) is 11.7. The Labute approximate surface area is 104 Å². The van der Waals surface area contributed by atoms with Gasteiger partial charge in [0.05, 0.1) is 12.0 Å². The Morgan fingerprint density at radius 1 is 1.41 bits per heavy atom. The molecule has 1 aliphatic heterocycles. The molecular formula is C13H26N2O2. The SMILES string of the molecule is COC(C)(C)CC(=O)NC1CCC(C)NC1C. The lowest BCUT2D eigenvalue weighted by Crippen LogP contribution is -2.55. The molecular weight excluding hydrogens is 216 g/mol. The van der Waals surface area contributed by atoms with Crippen molar-refractivity contribution in [3.05, 3.63) is 0 Å². The Balaban J connectivity index is 2.41. The highest BCUT2D eigenvalue weighted by Gasteiger charge is 2.28. The summed E-state index contributed by atoms with van der Waals surface area (Å²) in [5.41, 5.74) is -0.386. The number of hydrogen-bond acceptors (Lipinski definition) is 3. The highest BCUT2D eigenvalue weighted by molar-refractivity contribution is 5.77. The maximum Gasteiger partial charge on any atom is 0.223 e. The molecule has 0 aliphatic carbocycles. The van der Waals surface area contributed by atoms with E-state index in [1.54, 1.807) is 7.11 Å². The Kier molecular flexibility index (Phi) is 4.95. The van der Waals surface area contributed by atoms with Crippen LogP contribution in [-0.2, 0) is 9.53 Å². The average molecular weight is 242 g/mol. The van der Waals surface area contributed by atoms with Crippen molar-refractivity contribution in [2.24, 2.45) is 0 Å². The van der Waals surface area contributed by atoms with E-state index in [4.69, 9.17) is 4.74 Å². The summed E-state index contributed by atoms with van der Waals surface area (Å²) in [6.07, 6.45) is 2.57. The molecule has 1 heterocycles. The van der Waals surface area contributed by atoms with E-state index in [0.717, 1.165) is 12.8 Å². The van der Waals surface area contributed by atoms with Crippen molar-refractivity contribution in [2.75, 3.05) is 7.11 Å². The number of rotatable bonds is 4. The zero-order valence-corrected chi connectivity index (χ0v) is 11.7. The number of amides is 1. The molecule has 0 aromatic carbocycles. The number of ether oxygens (including phenoxy) is 1. The second kappa shape index (κ2) is 5.83. The van der Waals surface area contributed by atoms with Crippen molar-refractivity contribution in [1.82, 2.24) is 10.6 Å². The van der Waals surface area contributed by atoms with Crippen molar-refractivity contribution >= 4 is 5.91 Å². The highest BCUT2D eigenvalue weighted by atomic mass is 16.5. The van der Waals surface area contributed by atoms with Gasteiger partial charge in [-0.25, -0.2) is 0 Å². The number of methoxy groups -OCH3 is 1. The molecule has 0 bridgehead atoms. The first kappa shape index (κ1) is 14.5. The number of nitrogens with one attached hydrogen (secondary N) is 2. The summed E-state index contributed by atoms with van der Waals surface area (Å²) in [5, 5.41) is 6.56. The van der Waals surface area contributed by atoms with Crippen molar-refractivity contribution in [2.45, 2.75) is 70.7 Å². The normalized spacial score (nSPS) is 30.1. The van der Waals surface area contributed by atoms with Crippen molar-refractivity contribution in [3.63, 3.8) is 0 Å². The monoisotopic (exact) mass is 242 g/mol. The Morgan fingerprint density at radius 2 is 2.06 bits per heavy atom. The van der Waals surface area contributed by atoms with Gasteiger partial charge in [0.15, 0.2) is 0 Å². The number of hydrogen-bond donors (Lipinski definition) is 2. The van der Waals surface area contributed by atoms with E-state index in [0.29, 0.717) is 18.5 Å². The molecule has 0 radical (unpaired) electrons. The van der Waals surface area contributed by atoms with Crippen LogP contribution in [0.3, 0.4) is 0 Å². The van der Waals surface area contributed by atoms with E-state index in [2.05, 4.69) is 24.5 Å². The number of carbonyl (C=O) groups is 1. The van der Waals surface area contributed by atoms with E-state index in [1.807, 2.05) is 13.8 Å². The molecule has 0 spiro atoms. The van der Waals surface area contributed by atoms with Crippen molar-refractivity contribution in [3.8, 4) is 0 Å². The van der Waals surface area contributed by atoms with Crippen molar-refractivity contribution < 1.29 is 9.53 Å². The fourth-order valence-corrected chi connectivity index (χ4v) is 2.24. The van der Waals surface area contributed by atoms with Crippen LogP contribution in [0.1, 0.15) is 47.0 Å². The van der Waals surface area contributed by atoms with Gasteiger partial charge in [-0.1, -0.05) is 0 Å². The minimum Gasteiger partial charge on any atom is -0.378 e. The molecule has 1 amide bonds. The Bertz CT molecular complexity index is 266. The molecule has 1 rings (SSSR count). The summed E-state index contributed by atoms with van der Waals surface area (Å²) in [4.78, 5) is 11.9. The summed E-state index contributed by atoms with van der Waals surface area (Å²) in [6.45, 7) is 8.17. The molecule has 0 aromatic rings. The fraction of sp³-hybridized carbons (Fsp3) is 0.923. The van der Waals surface area contributed by atoms with Gasteiger partial charge in [-0.3, -0.25) is 4.79 Å². The van der Waals surface area contributed by atoms with Gasteiger partial charge in [-0.05, 0) is 40.5 Å². The van der Waals surface area contributed by atoms with Gasteiger partial charge < -0.3 is 15.4 Å². The molecule has 1 fully saturated rings. The van der Waals surface area contributed by atoms with E-state index in [-0.39, 0.29) is 17.6 Å². The Morgan fingerprint density at radius 3 is 2.59 bits per heavy atom. The zero-order chi connectivity index (χ0) is 13.1. The summed E-state index contributed by atoms with van der Waals surface area (Å²) in [7, 11) is 1.64. The smallest absolute Gasteiger partial charge is 0.223 e. The van der Waals surface area contributed by atoms with Crippen LogP contribution in [0.2, 0.25) is 0 Å². The molecule has 1 saturated heterocycles. The first-order valence-electron chi connectivity index (χ1n) is 6.44. The van der Waals surface area contributed by atoms with Crippen LogP contribution in [0.15, 0.2) is 0 Å². The van der Waals surface area contributed by atoms with Gasteiger partial charge in [-0.15, -0.1) is 0 Å². The third-order valence-corrected chi connectivity index (χ3v) is 3.55. The fourth-order valence-electron chi connectivity index (χ4n) is 2.24. The predicted octanol–water partition coefficient (Wildman–Crippen LogP) is 1.45. The third kappa shape index (κ3) is 4.64. The quantitative estimate of drug-likeness (QED) is 0.784. The average Bonchev–Trinajstić information content (AvgIpc) is 2.21. The first-order chi connectivity index (χ1) is 7.84. The van der Waals surface area contributed by atoms with E-state index in [9.17, 15) is 4.79 Å². The molecule has 1 aliphatic rings. The maximum atomic E-state index is 11.9. The summed E-state index contributed by atoms with van der Waals surface area (Å²) in [5.74, 6) is 0.0741. The Hall–Kier alpha value is -0.610. The second-order valence-corrected chi connectivity index (χ2v) is 5.75. The topological polar surface area (TPSA) is 50.4 Å². The summed E-state index contributed by atoms with van der Waals surface area (Å²) >= 11 is 0. The van der Waals surface area contributed by atoms with Gasteiger partial charge in [0.2, 0.25) is 5.91 Å². The van der Waals surface area contributed by atoms with Gasteiger partial charge in [-0.2, -0.15) is 0 Å². The van der Waals surface area contributed by atoms with Gasteiger partial charge >= 0.3 is 0 Å². The summed E-state index contributed by atoms with van der Waals surface area (Å²) < 4.78 is 5.26. The van der Waals surface area contributed by atoms with E-state index >= 15 is 0 Å².